The minimum atomic E-state index is -0.846. The van der Waals surface area contributed by atoms with E-state index in [1.165, 1.54) is 47.9 Å². The van der Waals surface area contributed by atoms with E-state index in [4.69, 9.17) is 9.47 Å². The summed E-state index contributed by atoms with van der Waals surface area (Å²) in [5.41, 5.74) is 6.21. The summed E-state index contributed by atoms with van der Waals surface area (Å²) in [6, 6.07) is 8.32. The molecule has 0 aliphatic heterocycles. The predicted octanol–water partition coefficient (Wildman–Crippen LogP) is 6.70. The van der Waals surface area contributed by atoms with E-state index in [-0.39, 0.29) is 5.78 Å². The maximum atomic E-state index is 11.5. The lowest BCUT2D eigenvalue weighted by atomic mass is 9.81. The fraction of sp³-hybridized carbons (Fsp3) is 0.552. The zero-order valence-electron chi connectivity index (χ0n) is 21.4. The van der Waals surface area contributed by atoms with Gasteiger partial charge in [0.1, 0.15) is 11.5 Å². The van der Waals surface area contributed by atoms with Crippen LogP contribution in [0.25, 0.3) is 0 Å². The van der Waals surface area contributed by atoms with Gasteiger partial charge in [0.15, 0.2) is 5.78 Å². The highest BCUT2D eigenvalue weighted by atomic mass is 16.5. The van der Waals surface area contributed by atoms with Crippen LogP contribution in [0.15, 0.2) is 24.3 Å². The third-order valence-electron chi connectivity index (χ3n) is 7.19. The molecule has 180 valence electrons. The molecule has 0 heterocycles. The molecular formula is C29H40O4. The Labute approximate surface area is 199 Å². The molecular weight excluding hydrogens is 412 g/mol. The second-order valence-corrected chi connectivity index (χ2v) is 10.2. The summed E-state index contributed by atoms with van der Waals surface area (Å²) >= 11 is 0. The summed E-state index contributed by atoms with van der Waals surface area (Å²) < 4.78 is 10.7. The Hall–Kier alpha value is -2.33. The highest BCUT2D eigenvalue weighted by molar-refractivity contribution is 5.97. The van der Waals surface area contributed by atoms with E-state index < -0.39 is 5.60 Å². The SMILES string of the molecule is COc1cc2c(cc1C(C)(C)O)CCCC2C.COc1cc2c(cc1C(C)=O)CCCC2C. The van der Waals surface area contributed by atoms with Crippen molar-refractivity contribution in [2.75, 3.05) is 14.2 Å². The van der Waals surface area contributed by atoms with E-state index in [9.17, 15) is 9.90 Å². The molecule has 0 radical (unpaired) electrons. The van der Waals surface area contributed by atoms with Gasteiger partial charge in [0.25, 0.3) is 0 Å². The van der Waals surface area contributed by atoms with E-state index in [0.29, 0.717) is 11.8 Å². The molecule has 0 saturated heterocycles. The molecule has 0 aromatic heterocycles. The Kier molecular flexibility index (Phi) is 7.89. The third-order valence-corrected chi connectivity index (χ3v) is 7.19. The lowest BCUT2D eigenvalue weighted by Crippen LogP contribution is -2.19. The highest BCUT2D eigenvalue weighted by Crippen LogP contribution is 2.39. The first-order valence-corrected chi connectivity index (χ1v) is 12.2. The van der Waals surface area contributed by atoms with Crippen molar-refractivity contribution in [2.45, 2.75) is 90.6 Å². The van der Waals surface area contributed by atoms with Crippen LogP contribution in [0.4, 0.5) is 0 Å². The molecule has 0 fully saturated rings. The molecule has 2 atom stereocenters. The lowest BCUT2D eigenvalue weighted by Gasteiger charge is -2.28. The number of carbonyl (C=O) groups is 1. The number of rotatable bonds is 4. The quantitative estimate of drug-likeness (QED) is 0.525. The molecule has 0 amide bonds. The van der Waals surface area contributed by atoms with Crippen molar-refractivity contribution in [3.05, 3.63) is 57.6 Å². The minimum Gasteiger partial charge on any atom is -0.496 e. The molecule has 0 spiro atoms. The van der Waals surface area contributed by atoms with Crippen LogP contribution in [0, 0.1) is 0 Å². The number of Topliss-reactive ketones (excluding diaryl/α,β-unsaturated/α-hetero) is 1. The van der Waals surface area contributed by atoms with Crippen molar-refractivity contribution >= 4 is 5.78 Å². The number of methoxy groups -OCH3 is 2. The van der Waals surface area contributed by atoms with Crippen LogP contribution in [0.3, 0.4) is 0 Å². The molecule has 2 unspecified atom stereocenters. The number of carbonyl (C=O) groups excluding carboxylic acids is 1. The number of aliphatic hydroxyl groups is 1. The number of hydrogen-bond acceptors (Lipinski definition) is 4. The molecule has 2 aromatic carbocycles. The number of hydrogen-bond donors (Lipinski definition) is 1. The molecule has 2 aliphatic rings. The van der Waals surface area contributed by atoms with Crippen LogP contribution in [-0.2, 0) is 18.4 Å². The van der Waals surface area contributed by atoms with Gasteiger partial charge in [0.05, 0.1) is 25.4 Å². The average Bonchev–Trinajstić information content (AvgIpc) is 2.78. The monoisotopic (exact) mass is 452 g/mol. The number of benzene rings is 2. The summed E-state index contributed by atoms with van der Waals surface area (Å²) in [6.45, 7) is 9.72. The number of ether oxygens (including phenoxy) is 2. The Balaban J connectivity index is 0.000000186. The van der Waals surface area contributed by atoms with E-state index in [0.717, 1.165) is 35.5 Å². The largest absolute Gasteiger partial charge is 0.496 e. The van der Waals surface area contributed by atoms with Crippen LogP contribution >= 0.6 is 0 Å². The molecule has 4 nitrogen and oxygen atoms in total. The molecule has 33 heavy (non-hydrogen) atoms. The molecule has 0 bridgehead atoms. The summed E-state index contributed by atoms with van der Waals surface area (Å²) in [7, 11) is 3.30. The van der Waals surface area contributed by atoms with Gasteiger partial charge in [-0.1, -0.05) is 13.8 Å². The minimum absolute atomic E-state index is 0.0814. The number of aryl methyl sites for hydroxylation is 2. The second kappa shape index (κ2) is 10.3. The van der Waals surface area contributed by atoms with Gasteiger partial charge in [0, 0.05) is 5.56 Å². The Morgan fingerprint density at radius 1 is 0.879 bits per heavy atom. The highest BCUT2D eigenvalue weighted by Gasteiger charge is 2.26. The van der Waals surface area contributed by atoms with Crippen molar-refractivity contribution in [3.8, 4) is 11.5 Å². The molecule has 4 rings (SSSR count). The summed E-state index contributed by atoms with van der Waals surface area (Å²) in [5, 5.41) is 10.2. The third kappa shape index (κ3) is 5.60. The van der Waals surface area contributed by atoms with Gasteiger partial charge < -0.3 is 14.6 Å². The second-order valence-electron chi connectivity index (χ2n) is 10.2. The van der Waals surface area contributed by atoms with Crippen molar-refractivity contribution in [1.29, 1.82) is 0 Å². The maximum absolute atomic E-state index is 11.5. The Morgan fingerprint density at radius 2 is 1.36 bits per heavy atom. The average molecular weight is 453 g/mol. The fourth-order valence-electron chi connectivity index (χ4n) is 5.23. The van der Waals surface area contributed by atoms with E-state index in [2.05, 4.69) is 32.0 Å². The van der Waals surface area contributed by atoms with Gasteiger partial charge in [-0.15, -0.1) is 0 Å². The first-order valence-electron chi connectivity index (χ1n) is 12.2. The van der Waals surface area contributed by atoms with Crippen LogP contribution in [0.5, 0.6) is 11.5 Å². The predicted molar refractivity (Wildman–Crippen MR) is 134 cm³/mol. The summed E-state index contributed by atoms with van der Waals surface area (Å²) in [5.74, 6) is 2.80. The first-order chi connectivity index (χ1) is 15.6. The zero-order valence-corrected chi connectivity index (χ0v) is 21.4. The van der Waals surface area contributed by atoms with E-state index in [1.54, 1.807) is 21.1 Å². The van der Waals surface area contributed by atoms with Crippen LogP contribution < -0.4 is 9.47 Å². The van der Waals surface area contributed by atoms with Crippen LogP contribution in [0.2, 0.25) is 0 Å². The van der Waals surface area contributed by atoms with Gasteiger partial charge in [-0.05, 0) is 118 Å². The normalized spacial score (nSPS) is 19.5. The first kappa shape index (κ1) is 25.3. The zero-order chi connectivity index (χ0) is 24.3. The van der Waals surface area contributed by atoms with Crippen LogP contribution in [-0.4, -0.2) is 25.1 Å². The summed E-state index contributed by atoms with van der Waals surface area (Å²) in [4.78, 5) is 11.5. The van der Waals surface area contributed by atoms with Crippen LogP contribution in [0.1, 0.15) is 110 Å². The Bertz CT molecular complexity index is 1000. The van der Waals surface area contributed by atoms with Gasteiger partial charge in [-0.3, -0.25) is 4.79 Å². The van der Waals surface area contributed by atoms with Crippen molar-refractivity contribution in [1.82, 2.24) is 0 Å². The van der Waals surface area contributed by atoms with Crippen molar-refractivity contribution in [3.63, 3.8) is 0 Å². The standard InChI is InChI=1S/C15H22O2.C14H18O2/c1-10-6-5-7-11-8-13(15(2,3)16)14(17-4)9-12(10)11;1-9-5-4-6-11-7-13(10(2)15)14(16-3)8-12(9)11/h8-10,16H,5-7H2,1-4H3;7-9H,4-6H2,1-3H3. The summed E-state index contributed by atoms with van der Waals surface area (Å²) in [6.07, 6.45) is 7.15. The van der Waals surface area contributed by atoms with Gasteiger partial charge in [-0.25, -0.2) is 0 Å². The van der Waals surface area contributed by atoms with Gasteiger partial charge in [-0.2, -0.15) is 0 Å². The smallest absolute Gasteiger partial charge is 0.163 e. The lowest BCUT2D eigenvalue weighted by molar-refractivity contribution is 0.0754. The van der Waals surface area contributed by atoms with E-state index in [1.807, 2.05) is 19.9 Å². The van der Waals surface area contributed by atoms with E-state index >= 15 is 0 Å². The Morgan fingerprint density at radius 3 is 1.82 bits per heavy atom. The molecule has 4 heteroatoms. The number of fused-ring (bicyclic) bond motifs is 2. The van der Waals surface area contributed by atoms with Gasteiger partial charge >= 0.3 is 0 Å². The van der Waals surface area contributed by atoms with Crippen molar-refractivity contribution in [2.24, 2.45) is 0 Å². The molecule has 2 aliphatic carbocycles. The topological polar surface area (TPSA) is 55.8 Å². The molecule has 0 saturated carbocycles. The maximum Gasteiger partial charge on any atom is 0.163 e. The molecule has 1 N–H and O–H groups in total. The van der Waals surface area contributed by atoms with Crippen molar-refractivity contribution < 1.29 is 19.4 Å². The van der Waals surface area contributed by atoms with Gasteiger partial charge in [0.2, 0.25) is 0 Å². The molecule has 2 aromatic rings. The fourth-order valence-corrected chi connectivity index (χ4v) is 5.23. The number of ketones is 1.